The number of sulfone groups is 1. The maximum Gasteiger partial charge on any atom is 0.435 e. The van der Waals surface area contributed by atoms with Gasteiger partial charge in [0.2, 0.25) is 15.9 Å². The van der Waals surface area contributed by atoms with Gasteiger partial charge in [0, 0.05) is 40.8 Å². The first-order valence-corrected chi connectivity index (χ1v) is 23.8. The molecule has 7 rings (SSSR count). The first-order chi connectivity index (χ1) is 30.3. The number of nitrogens with zero attached hydrogens (tertiary/aromatic N) is 6. The Hall–Kier alpha value is -5.12. The molecule has 2 aromatic carbocycles. The van der Waals surface area contributed by atoms with Crippen LogP contribution in [0.5, 0.6) is 0 Å². The van der Waals surface area contributed by atoms with Crippen molar-refractivity contribution in [2.24, 2.45) is 11.7 Å². The zero-order chi connectivity index (χ0) is 49.0. The zero-order valence-corrected chi connectivity index (χ0v) is 37.5. The maximum atomic E-state index is 16.2. The topological polar surface area (TPSA) is 163 Å². The minimum absolute atomic E-state index is 0.0947. The molecule has 0 radical (unpaired) electrons. The largest absolute Gasteiger partial charge is 0.435 e. The molecular weight excluding hydrogens is 984 g/mol. The van der Waals surface area contributed by atoms with Crippen molar-refractivity contribution in [3.8, 4) is 23.0 Å². The molecule has 1 amide bonds. The van der Waals surface area contributed by atoms with E-state index in [0.29, 0.717) is 21.3 Å². The van der Waals surface area contributed by atoms with Crippen molar-refractivity contribution in [3.63, 3.8) is 0 Å². The predicted molar refractivity (Wildman–Crippen MR) is 221 cm³/mol. The quantitative estimate of drug-likeness (QED) is 0.0566. The molecule has 1 fully saturated rings. The molecule has 5 aromatic rings. The maximum absolute atomic E-state index is 16.2. The van der Waals surface area contributed by atoms with Crippen molar-refractivity contribution in [2.75, 3.05) is 22.8 Å². The molecule has 12 nitrogen and oxygen atoms in total. The summed E-state index contributed by atoms with van der Waals surface area (Å²) in [6.45, 7) is 0.526. The van der Waals surface area contributed by atoms with Crippen LogP contribution in [0, 0.1) is 29.4 Å². The van der Waals surface area contributed by atoms with Gasteiger partial charge in [-0.25, -0.2) is 39.6 Å². The summed E-state index contributed by atoms with van der Waals surface area (Å²) in [5.41, 5.74) is -0.740. The lowest BCUT2D eigenvalue weighted by molar-refractivity contribution is -0.143. The van der Waals surface area contributed by atoms with Crippen LogP contribution in [0.2, 0.25) is 5.02 Å². The van der Waals surface area contributed by atoms with E-state index >= 15 is 8.78 Å². The Morgan fingerprint density at radius 3 is 2.15 bits per heavy atom. The minimum atomic E-state index is -5.37. The fourth-order valence-electron chi connectivity index (χ4n) is 8.06. The number of hydrogen-bond donors (Lipinski definition) is 1. The van der Waals surface area contributed by atoms with E-state index in [-0.39, 0.29) is 38.5 Å². The molecule has 4 atom stereocenters. The van der Waals surface area contributed by atoms with E-state index < -0.39 is 143 Å². The first-order valence-electron chi connectivity index (χ1n) is 19.1. The summed E-state index contributed by atoms with van der Waals surface area (Å²) in [7, 11) is -8.34. The number of nitrogens with two attached hydrogens (primary N) is 1. The molecule has 2 aliphatic rings. The molecule has 3 heterocycles. The molecule has 2 N–H and O–H groups in total. The third kappa shape index (κ3) is 8.90. The molecule has 1 saturated carbocycles. The fraction of sp³-hybridized carbons (Fsp3) is 0.400. The molecular formula is C40H33Cl2F10N7O5S2. The van der Waals surface area contributed by atoms with Crippen LogP contribution in [0.4, 0.5) is 49.7 Å². The smallest absolute Gasteiger partial charge is 0.368 e. The van der Waals surface area contributed by atoms with E-state index in [1.165, 1.54) is 13.8 Å². The SMILES string of the molecule is CC(C)(C#Cc1ccc(-c2ccc(Cl)c3c(N(CCl)S(C)(=O)=O)nn(CC(F)(F)F)c23)c([C@@H](Cc2cc(F)cc(F)c2)C(C(N)=O)n2nc(C(F)(F)F)c3c2C(F)(F)[C@@H]2C[C@H]32)n1)S(C)(=O)=O. The van der Waals surface area contributed by atoms with Gasteiger partial charge in [0.05, 0.1) is 27.9 Å². The Kier molecular flexibility index (Phi) is 12.0. The number of fused-ring (bicyclic) bond motifs is 4. The summed E-state index contributed by atoms with van der Waals surface area (Å²) in [5, 5.41) is 6.62. The first kappa shape index (κ1) is 48.8. The number of benzene rings is 2. The van der Waals surface area contributed by atoms with E-state index in [1.54, 1.807) is 0 Å². The summed E-state index contributed by atoms with van der Waals surface area (Å²) in [5.74, 6) is -8.76. The van der Waals surface area contributed by atoms with Gasteiger partial charge in [0.25, 0.3) is 5.92 Å². The van der Waals surface area contributed by atoms with Crippen LogP contribution in [0.15, 0.2) is 42.5 Å². The van der Waals surface area contributed by atoms with Crippen molar-refractivity contribution >= 4 is 65.7 Å². The van der Waals surface area contributed by atoms with Gasteiger partial charge in [-0.15, -0.1) is 11.6 Å². The Labute approximate surface area is 379 Å². The summed E-state index contributed by atoms with van der Waals surface area (Å²) in [6.07, 6.45) is -10.2. The van der Waals surface area contributed by atoms with Gasteiger partial charge in [0.15, 0.2) is 21.3 Å². The summed E-state index contributed by atoms with van der Waals surface area (Å²) < 4.78 is 199. The van der Waals surface area contributed by atoms with Gasteiger partial charge < -0.3 is 5.73 Å². The second kappa shape index (κ2) is 16.3. The van der Waals surface area contributed by atoms with Gasteiger partial charge >= 0.3 is 12.4 Å². The molecule has 0 aliphatic heterocycles. The number of anilines is 1. The molecule has 2 aliphatic carbocycles. The van der Waals surface area contributed by atoms with E-state index in [0.717, 1.165) is 42.7 Å². The summed E-state index contributed by atoms with van der Waals surface area (Å²) in [4.78, 5) is 18.4. The second-order valence-electron chi connectivity index (χ2n) is 16.4. The Morgan fingerprint density at radius 2 is 1.61 bits per heavy atom. The predicted octanol–water partition coefficient (Wildman–Crippen LogP) is 8.21. The van der Waals surface area contributed by atoms with E-state index in [4.69, 9.17) is 28.9 Å². The third-order valence-electron chi connectivity index (χ3n) is 11.4. The van der Waals surface area contributed by atoms with Gasteiger partial charge in [-0.2, -0.15) is 45.3 Å². The van der Waals surface area contributed by atoms with Gasteiger partial charge in [-0.3, -0.25) is 9.48 Å². The van der Waals surface area contributed by atoms with E-state index in [1.807, 2.05) is 0 Å². The lowest BCUT2D eigenvalue weighted by Gasteiger charge is -2.29. The van der Waals surface area contributed by atoms with Crippen LogP contribution in [0.25, 0.3) is 22.0 Å². The normalized spacial score (nSPS) is 18.1. The number of carbonyl (C=O) groups is 1. The molecule has 0 bridgehead atoms. The van der Waals surface area contributed by atoms with Crippen molar-refractivity contribution in [1.82, 2.24) is 24.5 Å². The van der Waals surface area contributed by atoms with Gasteiger partial charge in [0.1, 0.15) is 46.4 Å². The van der Waals surface area contributed by atoms with Crippen LogP contribution >= 0.6 is 23.2 Å². The highest BCUT2D eigenvalue weighted by Crippen LogP contribution is 2.69. The molecule has 66 heavy (non-hydrogen) atoms. The van der Waals surface area contributed by atoms with E-state index in [2.05, 4.69) is 27.0 Å². The number of alkyl halides is 9. The molecule has 0 saturated heterocycles. The van der Waals surface area contributed by atoms with Crippen molar-refractivity contribution in [2.45, 2.75) is 74.1 Å². The van der Waals surface area contributed by atoms with Gasteiger partial charge in [-0.1, -0.05) is 23.6 Å². The Morgan fingerprint density at radius 1 is 0.985 bits per heavy atom. The van der Waals surface area contributed by atoms with Crippen molar-refractivity contribution in [3.05, 3.63) is 93.0 Å². The monoisotopic (exact) mass is 1020 g/mol. The van der Waals surface area contributed by atoms with Crippen LogP contribution in [-0.4, -0.2) is 76.7 Å². The van der Waals surface area contributed by atoms with Crippen molar-refractivity contribution < 1.29 is 65.5 Å². The van der Waals surface area contributed by atoms with Crippen LogP contribution in [0.1, 0.15) is 72.0 Å². The Bertz CT molecular complexity index is 3110. The number of hydrogen-bond acceptors (Lipinski definition) is 8. The minimum Gasteiger partial charge on any atom is -0.368 e. The highest BCUT2D eigenvalue weighted by molar-refractivity contribution is 7.92. The number of pyridine rings is 1. The zero-order valence-electron chi connectivity index (χ0n) is 34.3. The molecule has 1 unspecified atom stereocenters. The highest BCUT2D eigenvalue weighted by Gasteiger charge is 2.69. The molecule has 0 spiro atoms. The molecule has 354 valence electrons. The number of amides is 1. The standard InChI is InChI=1S/C40H33Cl2F10N7O5S2/c1-37(2,65(3,61)62)10-9-21-5-6-22(23-7-8-27(42)29-31(23)57(16-38(45,46)47)56-36(29)58(17-41)66(4,63)64)30(54-21)25(13-18-11-19(43)14-20(44)12-18)32(35(53)60)59-34-28(33(55-59)40(50,51)52)24-15-26(24)39(34,48)49/h5-8,11-12,14,24-26,32H,13,15-17H2,1-4H3,(H2,53,60)/t24-,25+,26+,32?/m0/s1. The van der Waals surface area contributed by atoms with Gasteiger partial charge in [-0.05, 0) is 74.4 Å². The lowest BCUT2D eigenvalue weighted by Crippen LogP contribution is -2.37. The number of primary amides is 1. The molecule has 26 heteroatoms. The second-order valence-corrected chi connectivity index (χ2v) is 21.5. The number of carbonyl (C=O) groups excluding carboxylic acids is 1. The fourth-order valence-corrected chi connectivity index (χ4v) is 9.80. The average molecular weight is 1020 g/mol. The number of sulfonamides is 1. The third-order valence-corrected chi connectivity index (χ3v) is 15.1. The number of halogens is 12. The lowest BCUT2D eigenvalue weighted by atomic mass is 9.84. The highest BCUT2D eigenvalue weighted by atomic mass is 35.5. The van der Waals surface area contributed by atoms with Crippen LogP contribution in [-0.2, 0) is 49.7 Å². The average Bonchev–Trinajstić information content (AvgIpc) is 3.66. The molecule has 3 aromatic heterocycles. The summed E-state index contributed by atoms with van der Waals surface area (Å²) in [6, 6.07) is 2.97. The van der Waals surface area contributed by atoms with E-state index in [9.17, 15) is 56.8 Å². The van der Waals surface area contributed by atoms with Crippen molar-refractivity contribution in [1.29, 1.82) is 0 Å². The van der Waals surface area contributed by atoms with Crippen LogP contribution < -0.4 is 10.0 Å². The summed E-state index contributed by atoms with van der Waals surface area (Å²) >= 11 is 12.5. The Balaban J connectivity index is 1.63. The number of aromatic nitrogens is 5. The van der Waals surface area contributed by atoms with Crippen LogP contribution in [0.3, 0.4) is 0 Å². The number of rotatable bonds is 12.